The summed E-state index contributed by atoms with van der Waals surface area (Å²) < 4.78 is 0. The predicted molar refractivity (Wildman–Crippen MR) is 100 cm³/mol. The molecule has 0 heterocycles. The Bertz CT molecular complexity index is 340. The Morgan fingerprint density at radius 1 is 0.875 bits per heavy atom. The van der Waals surface area contributed by atoms with Crippen LogP contribution >= 0.6 is 0 Å². The first kappa shape index (κ1) is 22.8. The van der Waals surface area contributed by atoms with Crippen molar-refractivity contribution in [1.82, 2.24) is 0 Å². The van der Waals surface area contributed by atoms with Crippen molar-refractivity contribution in [2.45, 2.75) is 110 Å². The van der Waals surface area contributed by atoms with E-state index in [2.05, 4.69) is 6.92 Å². The molecule has 0 aromatic heterocycles. The first-order chi connectivity index (χ1) is 11.7. The molecule has 0 saturated heterocycles. The summed E-state index contributed by atoms with van der Waals surface area (Å²) in [6.07, 6.45) is 20.6. The van der Waals surface area contributed by atoms with Crippen LogP contribution < -0.4 is 0 Å². The summed E-state index contributed by atoms with van der Waals surface area (Å²) in [4.78, 5) is 20.9. The topological polar surface area (TPSA) is 60.2 Å². The molecule has 0 rings (SSSR count). The third kappa shape index (κ3) is 15.7. The Morgan fingerprint density at radius 3 is 2.00 bits per heavy atom. The van der Waals surface area contributed by atoms with Crippen molar-refractivity contribution in [3.8, 4) is 0 Å². The van der Waals surface area contributed by atoms with E-state index < -0.39 is 0 Å². The smallest absolute Gasteiger partial charge is 0.242 e. The first-order valence-electron chi connectivity index (χ1n) is 9.90. The van der Waals surface area contributed by atoms with E-state index in [4.69, 9.17) is 0 Å². The van der Waals surface area contributed by atoms with Crippen molar-refractivity contribution in [2.24, 2.45) is 0 Å². The molecule has 0 aliphatic heterocycles. The summed E-state index contributed by atoms with van der Waals surface area (Å²) in [5.74, 6) is 0. The molecule has 0 aliphatic rings. The third-order valence-electron chi connectivity index (χ3n) is 4.38. The van der Waals surface area contributed by atoms with E-state index in [-0.39, 0.29) is 4.92 Å². The molecule has 0 spiro atoms. The van der Waals surface area contributed by atoms with Gasteiger partial charge in [0.25, 0.3) is 0 Å². The molecule has 0 bridgehead atoms. The lowest BCUT2D eigenvalue weighted by molar-refractivity contribution is -0.428. The van der Waals surface area contributed by atoms with E-state index in [0.29, 0.717) is 18.5 Å². The number of hydrogen-bond acceptors (Lipinski definition) is 3. The zero-order valence-corrected chi connectivity index (χ0v) is 15.6. The minimum absolute atomic E-state index is 0.198. The van der Waals surface area contributed by atoms with Crippen LogP contribution in [0.2, 0.25) is 0 Å². The van der Waals surface area contributed by atoms with E-state index in [9.17, 15) is 14.9 Å². The number of unbranched alkanes of at least 4 members (excludes halogenated alkanes) is 13. The fraction of sp³-hybridized carbons (Fsp3) is 0.850. The third-order valence-corrected chi connectivity index (χ3v) is 4.38. The standard InChI is InChI=1S/C20H36NO3/c1-2-3-4-5-11-14-17-20(21(23)24)18-15-12-9-7-6-8-10-13-16-19-22/h18H,2-17H2,1H3/b20-18-. The van der Waals surface area contributed by atoms with Gasteiger partial charge in [0.2, 0.25) is 5.70 Å². The first-order valence-corrected chi connectivity index (χ1v) is 9.90. The van der Waals surface area contributed by atoms with Crippen LogP contribution in [0.4, 0.5) is 0 Å². The molecular weight excluding hydrogens is 302 g/mol. The Hall–Kier alpha value is -1.19. The van der Waals surface area contributed by atoms with Crippen LogP contribution in [0, 0.1) is 10.1 Å². The van der Waals surface area contributed by atoms with Crippen LogP contribution in [-0.4, -0.2) is 11.2 Å². The molecule has 1 radical (unpaired) electrons. The highest BCUT2D eigenvalue weighted by atomic mass is 16.6. The molecule has 24 heavy (non-hydrogen) atoms. The molecule has 0 N–H and O–H groups in total. The lowest BCUT2D eigenvalue weighted by Gasteiger charge is -2.02. The Kier molecular flexibility index (Phi) is 17.3. The van der Waals surface area contributed by atoms with Gasteiger partial charge in [-0.1, -0.05) is 71.1 Å². The lowest BCUT2D eigenvalue weighted by Crippen LogP contribution is -1.99. The average molecular weight is 339 g/mol. The van der Waals surface area contributed by atoms with Gasteiger partial charge >= 0.3 is 0 Å². The van der Waals surface area contributed by atoms with E-state index in [1.165, 1.54) is 44.9 Å². The summed E-state index contributed by atoms with van der Waals surface area (Å²) >= 11 is 0. The highest BCUT2D eigenvalue weighted by Crippen LogP contribution is 2.15. The van der Waals surface area contributed by atoms with Crippen LogP contribution in [0.15, 0.2) is 11.8 Å². The van der Waals surface area contributed by atoms with Crippen LogP contribution in [0.1, 0.15) is 110 Å². The molecule has 0 aromatic carbocycles. The number of rotatable bonds is 18. The van der Waals surface area contributed by atoms with Gasteiger partial charge in [0.1, 0.15) is 0 Å². The maximum atomic E-state index is 11.1. The van der Waals surface area contributed by atoms with Crippen LogP contribution in [0.5, 0.6) is 0 Å². The van der Waals surface area contributed by atoms with E-state index in [1.807, 2.05) is 12.4 Å². The Labute approximate surface area is 148 Å². The average Bonchev–Trinajstić information content (AvgIpc) is 2.57. The van der Waals surface area contributed by atoms with Crippen molar-refractivity contribution in [3.05, 3.63) is 21.9 Å². The number of nitro groups is 1. The second kappa shape index (κ2) is 18.2. The number of allylic oxidation sites excluding steroid dienone is 2. The van der Waals surface area contributed by atoms with Gasteiger partial charge in [0.05, 0.1) is 4.92 Å². The van der Waals surface area contributed by atoms with Crippen molar-refractivity contribution in [2.75, 3.05) is 0 Å². The van der Waals surface area contributed by atoms with Crippen molar-refractivity contribution in [3.63, 3.8) is 0 Å². The summed E-state index contributed by atoms with van der Waals surface area (Å²) in [5, 5.41) is 11.1. The number of hydrogen-bond donors (Lipinski definition) is 0. The van der Waals surface area contributed by atoms with Crippen molar-refractivity contribution < 1.29 is 9.72 Å². The Balaban J connectivity index is 3.62. The second-order valence-electron chi connectivity index (χ2n) is 6.63. The molecule has 0 aliphatic carbocycles. The molecule has 4 nitrogen and oxygen atoms in total. The molecule has 0 saturated carbocycles. The van der Waals surface area contributed by atoms with Gasteiger partial charge in [-0.15, -0.1) is 0 Å². The lowest BCUT2D eigenvalue weighted by atomic mass is 10.1. The number of carbonyl (C=O) groups excluding carboxylic acids is 1. The van der Waals surface area contributed by atoms with Crippen LogP contribution in [-0.2, 0) is 4.79 Å². The van der Waals surface area contributed by atoms with Crippen LogP contribution in [0.3, 0.4) is 0 Å². The monoisotopic (exact) mass is 338 g/mol. The van der Waals surface area contributed by atoms with Crippen LogP contribution in [0.25, 0.3) is 0 Å². The maximum absolute atomic E-state index is 11.1. The highest BCUT2D eigenvalue weighted by molar-refractivity contribution is 5.50. The minimum atomic E-state index is -0.198. The SMILES string of the molecule is CCCCCCCC/C(=C/CCCCCCCCC[C]=O)[N+](=O)[O-]. The fourth-order valence-electron chi connectivity index (χ4n) is 2.85. The van der Waals surface area contributed by atoms with Gasteiger partial charge in [-0.05, 0) is 31.8 Å². The van der Waals surface area contributed by atoms with Crippen molar-refractivity contribution >= 4 is 6.29 Å². The van der Waals surface area contributed by atoms with Gasteiger partial charge in [0.15, 0.2) is 6.29 Å². The maximum Gasteiger partial charge on any atom is 0.242 e. The summed E-state index contributed by atoms with van der Waals surface area (Å²) in [6, 6.07) is 0. The molecule has 0 atom stereocenters. The summed E-state index contributed by atoms with van der Waals surface area (Å²) in [5.41, 5.74) is 0.413. The van der Waals surface area contributed by atoms with Gasteiger partial charge in [-0.2, -0.15) is 0 Å². The van der Waals surface area contributed by atoms with Gasteiger partial charge < -0.3 is 0 Å². The largest absolute Gasteiger partial charge is 0.291 e. The molecule has 0 aromatic rings. The van der Waals surface area contributed by atoms with E-state index in [0.717, 1.165) is 44.9 Å². The molecule has 0 amide bonds. The van der Waals surface area contributed by atoms with Gasteiger partial charge in [0, 0.05) is 12.8 Å². The summed E-state index contributed by atoms with van der Waals surface area (Å²) in [6.45, 7) is 2.19. The summed E-state index contributed by atoms with van der Waals surface area (Å²) in [7, 11) is 0. The zero-order valence-electron chi connectivity index (χ0n) is 15.6. The zero-order chi connectivity index (χ0) is 17.9. The predicted octanol–water partition coefficient (Wildman–Crippen LogP) is 6.52. The van der Waals surface area contributed by atoms with E-state index in [1.54, 1.807) is 0 Å². The normalized spacial score (nSPS) is 11.6. The van der Waals surface area contributed by atoms with Crippen molar-refractivity contribution in [1.29, 1.82) is 0 Å². The molecule has 4 heteroatoms. The number of nitrogens with zero attached hydrogens (tertiary/aromatic N) is 1. The minimum Gasteiger partial charge on any atom is -0.291 e. The molecule has 139 valence electrons. The molecule has 0 fully saturated rings. The van der Waals surface area contributed by atoms with Gasteiger partial charge in [-0.3, -0.25) is 14.9 Å². The molecular formula is C20H36NO3. The fourth-order valence-corrected chi connectivity index (χ4v) is 2.85. The Morgan fingerprint density at radius 2 is 1.42 bits per heavy atom. The van der Waals surface area contributed by atoms with Gasteiger partial charge in [-0.25, -0.2) is 0 Å². The quantitative estimate of drug-likeness (QED) is 0.162. The van der Waals surface area contributed by atoms with E-state index >= 15 is 0 Å². The second-order valence-corrected chi connectivity index (χ2v) is 6.63. The molecule has 0 unspecified atom stereocenters. The highest BCUT2D eigenvalue weighted by Gasteiger charge is 2.09.